The Balaban J connectivity index is 2.47. The molecule has 0 aliphatic heterocycles. The minimum Gasteiger partial charge on any atom is -0.306 e. The lowest BCUT2D eigenvalue weighted by Crippen LogP contribution is -2.09. The van der Waals surface area contributed by atoms with Crippen LogP contribution in [0.3, 0.4) is 0 Å². The zero-order valence-electron chi connectivity index (χ0n) is 12.6. The molecule has 1 heterocycles. The lowest BCUT2D eigenvalue weighted by molar-refractivity contribution is 0.861. The first-order chi connectivity index (χ1) is 8.97. The molecule has 2 aromatic rings. The molecule has 0 fully saturated rings. The van der Waals surface area contributed by atoms with Gasteiger partial charge in [0.15, 0.2) is 0 Å². The van der Waals surface area contributed by atoms with E-state index in [-0.39, 0.29) is 0 Å². The van der Waals surface area contributed by atoms with Crippen molar-refractivity contribution in [1.29, 1.82) is 0 Å². The Bertz CT molecular complexity index is 556. The SMILES string of the molecule is Cc1cn(-c2ccc(C(C)C)cc2C[SiH](C)C)cn1. The normalized spacial score (nSPS) is 11.5. The van der Waals surface area contributed by atoms with Crippen LogP contribution in [0, 0.1) is 6.92 Å². The summed E-state index contributed by atoms with van der Waals surface area (Å²) < 4.78 is 2.16. The van der Waals surface area contributed by atoms with E-state index in [0.29, 0.717) is 5.92 Å². The molecule has 0 aliphatic rings. The van der Waals surface area contributed by atoms with Crippen LogP contribution in [0.25, 0.3) is 5.69 Å². The molecule has 102 valence electrons. The smallest absolute Gasteiger partial charge is 0.0995 e. The lowest BCUT2D eigenvalue weighted by Gasteiger charge is -2.15. The third kappa shape index (κ3) is 3.35. The van der Waals surface area contributed by atoms with E-state index in [1.165, 1.54) is 22.9 Å². The Morgan fingerprint density at radius 1 is 1.26 bits per heavy atom. The molecule has 3 heteroatoms. The van der Waals surface area contributed by atoms with Crippen LogP contribution in [0.1, 0.15) is 36.6 Å². The highest BCUT2D eigenvalue weighted by molar-refractivity contribution is 6.55. The average Bonchev–Trinajstić information content (AvgIpc) is 2.74. The van der Waals surface area contributed by atoms with Crippen LogP contribution in [0.15, 0.2) is 30.7 Å². The van der Waals surface area contributed by atoms with Crippen molar-refractivity contribution in [3.05, 3.63) is 47.5 Å². The van der Waals surface area contributed by atoms with Gasteiger partial charge in [-0.15, -0.1) is 0 Å². The Kier molecular flexibility index (Phi) is 4.25. The van der Waals surface area contributed by atoms with Gasteiger partial charge in [0.05, 0.1) is 12.0 Å². The Morgan fingerprint density at radius 3 is 2.53 bits per heavy atom. The van der Waals surface area contributed by atoms with Crippen LogP contribution >= 0.6 is 0 Å². The van der Waals surface area contributed by atoms with E-state index in [0.717, 1.165) is 5.69 Å². The van der Waals surface area contributed by atoms with Crippen molar-refractivity contribution < 1.29 is 0 Å². The first kappa shape index (κ1) is 14.1. The van der Waals surface area contributed by atoms with Gasteiger partial charge in [-0.3, -0.25) is 0 Å². The maximum Gasteiger partial charge on any atom is 0.0995 e. The molecule has 1 aromatic heterocycles. The van der Waals surface area contributed by atoms with Gasteiger partial charge in [0.2, 0.25) is 0 Å². The summed E-state index contributed by atoms with van der Waals surface area (Å²) in [4.78, 5) is 4.35. The molecule has 0 unspecified atom stereocenters. The standard InChI is InChI=1S/C16H24N2Si/c1-12(2)14-6-7-16(15(8-14)10-19(4)5)18-9-13(3)17-11-18/h6-9,11-12,19H,10H2,1-5H3. The molecule has 19 heavy (non-hydrogen) atoms. The molecule has 0 N–H and O–H groups in total. The maximum atomic E-state index is 4.35. The fraction of sp³-hybridized carbons (Fsp3) is 0.438. The largest absolute Gasteiger partial charge is 0.306 e. The van der Waals surface area contributed by atoms with E-state index in [9.17, 15) is 0 Å². The topological polar surface area (TPSA) is 17.8 Å². The highest BCUT2D eigenvalue weighted by Crippen LogP contribution is 2.23. The summed E-state index contributed by atoms with van der Waals surface area (Å²) in [5.41, 5.74) is 5.28. The van der Waals surface area contributed by atoms with E-state index in [1.807, 2.05) is 13.3 Å². The van der Waals surface area contributed by atoms with Gasteiger partial charge < -0.3 is 4.57 Å². The first-order valence-electron chi connectivity index (χ1n) is 7.11. The zero-order chi connectivity index (χ0) is 14.0. The molecular formula is C16H24N2Si. The van der Waals surface area contributed by atoms with Gasteiger partial charge in [-0.2, -0.15) is 0 Å². The van der Waals surface area contributed by atoms with E-state index in [2.05, 4.69) is 60.9 Å². The van der Waals surface area contributed by atoms with Crippen molar-refractivity contribution in [3.63, 3.8) is 0 Å². The molecule has 0 saturated heterocycles. The number of aromatic nitrogens is 2. The van der Waals surface area contributed by atoms with Gasteiger partial charge in [-0.1, -0.05) is 39.1 Å². The van der Waals surface area contributed by atoms with E-state index in [1.54, 1.807) is 0 Å². The summed E-state index contributed by atoms with van der Waals surface area (Å²) >= 11 is 0. The Morgan fingerprint density at radius 2 is 2.00 bits per heavy atom. The summed E-state index contributed by atoms with van der Waals surface area (Å²) in [5, 5.41) is 0. The van der Waals surface area contributed by atoms with Crippen LogP contribution in [-0.2, 0) is 6.04 Å². The number of benzene rings is 1. The molecule has 0 radical (unpaired) electrons. The molecule has 0 atom stereocenters. The van der Waals surface area contributed by atoms with Gasteiger partial charge >= 0.3 is 0 Å². The quantitative estimate of drug-likeness (QED) is 0.773. The second-order valence-electron chi connectivity index (χ2n) is 6.06. The van der Waals surface area contributed by atoms with Gasteiger partial charge in [0.25, 0.3) is 0 Å². The van der Waals surface area contributed by atoms with Gasteiger partial charge in [-0.05, 0) is 36.1 Å². The molecule has 0 saturated carbocycles. The zero-order valence-corrected chi connectivity index (χ0v) is 13.8. The van der Waals surface area contributed by atoms with E-state index in [4.69, 9.17) is 0 Å². The predicted molar refractivity (Wildman–Crippen MR) is 85.0 cm³/mol. The van der Waals surface area contributed by atoms with Gasteiger partial charge in [0.1, 0.15) is 0 Å². The molecule has 2 nitrogen and oxygen atoms in total. The minimum absolute atomic E-state index is 0.589. The number of hydrogen-bond donors (Lipinski definition) is 0. The van der Waals surface area contributed by atoms with Crippen LogP contribution < -0.4 is 0 Å². The van der Waals surface area contributed by atoms with Crippen molar-refractivity contribution in [1.82, 2.24) is 9.55 Å². The second kappa shape index (κ2) is 5.74. The van der Waals surface area contributed by atoms with Crippen molar-refractivity contribution in [2.75, 3.05) is 0 Å². The summed E-state index contributed by atoms with van der Waals surface area (Å²) in [6.45, 7) is 11.4. The summed E-state index contributed by atoms with van der Waals surface area (Å²) in [5.74, 6) is 0.589. The van der Waals surface area contributed by atoms with Crippen molar-refractivity contribution in [3.8, 4) is 5.69 Å². The summed E-state index contributed by atoms with van der Waals surface area (Å²) in [6.07, 6.45) is 4.03. The van der Waals surface area contributed by atoms with E-state index >= 15 is 0 Å². The number of rotatable bonds is 4. The van der Waals surface area contributed by atoms with E-state index < -0.39 is 8.80 Å². The monoisotopic (exact) mass is 272 g/mol. The molecule has 1 aromatic carbocycles. The number of imidazole rings is 1. The van der Waals surface area contributed by atoms with Crippen LogP contribution in [0.2, 0.25) is 13.1 Å². The molecule has 0 aliphatic carbocycles. The Labute approximate surface area is 118 Å². The first-order valence-corrected chi connectivity index (χ1v) is 10.2. The van der Waals surface area contributed by atoms with Crippen molar-refractivity contribution >= 4 is 8.80 Å². The van der Waals surface area contributed by atoms with Crippen molar-refractivity contribution in [2.45, 2.75) is 45.8 Å². The Hall–Kier alpha value is -1.35. The highest BCUT2D eigenvalue weighted by Gasteiger charge is 2.10. The molecule has 0 bridgehead atoms. The van der Waals surface area contributed by atoms with Gasteiger partial charge in [-0.25, -0.2) is 4.98 Å². The number of aryl methyl sites for hydroxylation is 1. The fourth-order valence-electron chi connectivity index (χ4n) is 2.37. The lowest BCUT2D eigenvalue weighted by atomic mass is 10.00. The van der Waals surface area contributed by atoms with Crippen molar-refractivity contribution in [2.24, 2.45) is 0 Å². The van der Waals surface area contributed by atoms with Crippen LogP contribution in [-0.4, -0.2) is 18.3 Å². The fourth-order valence-corrected chi connectivity index (χ4v) is 3.58. The third-order valence-corrected chi connectivity index (χ3v) is 4.64. The highest BCUT2D eigenvalue weighted by atomic mass is 28.3. The van der Waals surface area contributed by atoms with Crippen LogP contribution in [0.5, 0.6) is 0 Å². The second-order valence-corrected chi connectivity index (χ2v) is 9.26. The molecular weight excluding hydrogens is 248 g/mol. The molecule has 0 spiro atoms. The minimum atomic E-state index is -0.628. The summed E-state index contributed by atoms with van der Waals surface area (Å²) in [6, 6.07) is 8.14. The average molecular weight is 272 g/mol. The molecule has 2 rings (SSSR count). The predicted octanol–water partition coefficient (Wildman–Crippen LogP) is 3.87. The van der Waals surface area contributed by atoms with Gasteiger partial charge in [0, 0.05) is 20.7 Å². The van der Waals surface area contributed by atoms with Crippen LogP contribution in [0.4, 0.5) is 0 Å². The number of nitrogens with zero attached hydrogens (tertiary/aromatic N) is 2. The third-order valence-electron chi connectivity index (χ3n) is 3.39. The maximum absolute atomic E-state index is 4.35. The number of hydrogen-bond acceptors (Lipinski definition) is 1. The summed E-state index contributed by atoms with van der Waals surface area (Å²) in [7, 11) is -0.628. The molecule has 0 amide bonds.